The highest BCUT2D eigenvalue weighted by molar-refractivity contribution is 5.93. The van der Waals surface area contributed by atoms with Crippen LogP contribution in [0.3, 0.4) is 0 Å². The fourth-order valence-corrected chi connectivity index (χ4v) is 4.22. The third kappa shape index (κ3) is 4.19. The van der Waals surface area contributed by atoms with E-state index in [0.717, 1.165) is 5.69 Å². The lowest BCUT2D eigenvalue weighted by Crippen LogP contribution is -2.37. The highest BCUT2D eigenvalue weighted by Gasteiger charge is 2.42. The minimum atomic E-state index is -1.70. The Labute approximate surface area is 190 Å². The van der Waals surface area contributed by atoms with Gasteiger partial charge in [-0.05, 0) is 38.3 Å². The molecule has 3 N–H and O–H groups in total. The van der Waals surface area contributed by atoms with Crippen LogP contribution in [-0.4, -0.2) is 68.4 Å². The Morgan fingerprint density at radius 3 is 2.88 bits per heavy atom. The van der Waals surface area contributed by atoms with Gasteiger partial charge >= 0.3 is 5.97 Å². The molecule has 10 nitrogen and oxygen atoms in total. The molecule has 0 saturated carbocycles. The van der Waals surface area contributed by atoms with E-state index in [0.29, 0.717) is 49.4 Å². The number of pyridine rings is 1. The van der Waals surface area contributed by atoms with Gasteiger partial charge in [-0.2, -0.15) is 5.10 Å². The number of aromatic nitrogens is 3. The van der Waals surface area contributed by atoms with Gasteiger partial charge in [-0.3, -0.25) is 14.4 Å². The molecule has 0 spiro atoms. The number of rotatable bonds is 4. The van der Waals surface area contributed by atoms with Crippen molar-refractivity contribution >= 4 is 17.8 Å². The molecule has 1 aliphatic carbocycles. The fraction of sp³-hybridized carbons (Fsp3) is 0.435. The number of carbonyl (C=O) groups is 3. The molecule has 2 amide bonds. The first kappa shape index (κ1) is 22.5. The largest absolute Gasteiger partial charge is 0.466 e. The molecular weight excluding hydrogens is 426 g/mol. The molecule has 33 heavy (non-hydrogen) atoms. The van der Waals surface area contributed by atoms with Gasteiger partial charge in [0.15, 0.2) is 11.5 Å². The maximum absolute atomic E-state index is 12.2. The predicted octanol–water partition coefficient (Wildman–Crippen LogP) is -0.0211. The van der Waals surface area contributed by atoms with Gasteiger partial charge in [-0.15, -0.1) is 0 Å². The minimum absolute atomic E-state index is 0.103. The van der Waals surface area contributed by atoms with Crippen LogP contribution in [0.1, 0.15) is 47.1 Å². The van der Waals surface area contributed by atoms with Crippen molar-refractivity contribution in [3.05, 3.63) is 40.8 Å². The number of ether oxygens (including phenoxy) is 1. The number of likely N-dealkylation sites (tertiary alicyclic amines) is 1. The highest BCUT2D eigenvalue weighted by atomic mass is 16.5. The van der Waals surface area contributed by atoms with Gasteiger partial charge in [0.2, 0.25) is 5.60 Å². The summed E-state index contributed by atoms with van der Waals surface area (Å²) in [5, 5.41) is 14.9. The number of hydrogen-bond donors (Lipinski definition) is 2. The number of fused-ring (bicyclic) bond motifs is 1. The summed E-state index contributed by atoms with van der Waals surface area (Å²) in [6.45, 7) is 2.48. The van der Waals surface area contributed by atoms with Crippen molar-refractivity contribution in [2.24, 2.45) is 11.7 Å². The lowest BCUT2D eigenvalue weighted by atomic mass is 9.86. The molecule has 2 atom stereocenters. The summed E-state index contributed by atoms with van der Waals surface area (Å²) in [6.07, 6.45) is 3.14. The number of likely N-dealkylation sites (N-methyl/N-ethyl adjacent to an activating group) is 1. The zero-order valence-corrected chi connectivity index (χ0v) is 18.5. The second kappa shape index (κ2) is 8.67. The first-order valence-corrected chi connectivity index (χ1v) is 10.8. The second-order valence-corrected chi connectivity index (χ2v) is 8.23. The summed E-state index contributed by atoms with van der Waals surface area (Å²) in [5.74, 6) is 4.18. The summed E-state index contributed by atoms with van der Waals surface area (Å²) in [6, 6.07) is 3.32. The van der Waals surface area contributed by atoms with E-state index in [-0.39, 0.29) is 24.0 Å². The van der Waals surface area contributed by atoms with E-state index in [2.05, 4.69) is 21.9 Å². The molecule has 2 aliphatic rings. The Morgan fingerprint density at radius 2 is 2.21 bits per heavy atom. The van der Waals surface area contributed by atoms with Crippen LogP contribution in [0.2, 0.25) is 0 Å². The van der Waals surface area contributed by atoms with Gasteiger partial charge in [0.05, 0.1) is 18.2 Å². The van der Waals surface area contributed by atoms with Crippen molar-refractivity contribution in [2.45, 2.75) is 38.2 Å². The topological polar surface area (TPSA) is 141 Å². The molecule has 1 unspecified atom stereocenters. The van der Waals surface area contributed by atoms with Crippen molar-refractivity contribution in [2.75, 3.05) is 20.2 Å². The van der Waals surface area contributed by atoms with Crippen molar-refractivity contribution < 1.29 is 24.2 Å². The van der Waals surface area contributed by atoms with E-state index in [4.69, 9.17) is 10.5 Å². The Kier molecular flexibility index (Phi) is 5.91. The fourth-order valence-electron chi connectivity index (χ4n) is 4.22. The summed E-state index contributed by atoms with van der Waals surface area (Å²) in [7, 11) is 1.62. The van der Waals surface area contributed by atoms with E-state index in [1.54, 1.807) is 30.8 Å². The van der Waals surface area contributed by atoms with Crippen LogP contribution in [0.4, 0.5) is 0 Å². The van der Waals surface area contributed by atoms with Gasteiger partial charge in [-0.1, -0.05) is 11.8 Å². The van der Waals surface area contributed by atoms with Gasteiger partial charge in [0, 0.05) is 37.3 Å². The molecule has 3 heterocycles. The summed E-state index contributed by atoms with van der Waals surface area (Å²) in [5.41, 5.74) is 5.87. The maximum Gasteiger partial charge on any atom is 0.309 e. The van der Waals surface area contributed by atoms with E-state index >= 15 is 0 Å². The van der Waals surface area contributed by atoms with Crippen LogP contribution in [0.5, 0.6) is 0 Å². The molecule has 4 rings (SSSR count). The third-order valence-corrected chi connectivity index (χ3v) is 6.01. The second-order valence-electron chi connectivity index (χ2n) is 8.23. The van der Waals surface area contributed by atoms with Crippen molar-refractivity contribution in [3.63, 3.8) is 0 Å². The molecule has 0 radical (unpaired) electrons. The third-order valence-electron chi connectivity index (χ3n) is 6.01. The van der Waals surface area contributed by atoms with E-state index in [1.807, 2.05) is 0 Å². The predicted molar refractivity (Wildman–Crippen MR) is 116 cm³/mol. The number of esters is 1. The average molecular weight is 451 g/mol. The molecule has 0 bridgehead atoms. The molecule has 0 aromatic carbocycles. The molecule has 2 aromatic heterocycles. The van der Waals surface area contributed by atoms with E-state index in [9.17, 15) is 19.5 Å². The number of primary amides is 1. The summed E-state index contributed by atoms with van der Waals surface area (Å²) in [4.78, 5) is 42.2. The number of amides is 2. The van der Waals surface area contributed by atoms with Gasteiger partial charge in [-0.25, -0.2) is 9.67 Å². The summed E-state index contributed by atoms with van der Waals surface area (Å²) >= 11 is 0. The van der Waals surface area contributed by atoms with Crippen molar-refractivity contribution in [1.82, 2.24) is 19.7 Å². The van der Waals surface area contributed by atoms with Crippen LogP contribution in [0, 0.1) is 17.8 Å². The highest BCUT2D eigenvalue weighted by Crippen LogP contribution is 2.30. The van der Waals surface area contributed by atoms with E-state index in [1.165, 1.54) is 11.1 Å². The standard InChI is InChI=1S/C23H25N5O5/c1-3-33-21(30)15-4-5-17-16(13-15)19(20(24)29)26-28(17)18-12-14(7-10-25-18)6-8-23(32)9-11-27(2)22(23)31/h7,10,12,15,32H,3-5,9,11,13H2,1-2H3,(H2,24,29)/t15?,23-/m0/s1. The van der Waals surface area contributed by atoms with Crippen LogP contribution in [0.15, 0.2) is 18.3 Å². The lowest BCUT2D eigenvalue weighted by molar-refractivity contribution is -0.148. The molecule has 1 saturated heterocycles. The minimum Gasteiger partial charge on any atom is -0.466 e. The number of nitrogens with two attached hydrogens (primary N) is 1. The van der Waals surface area contributed by atoms with Crippen LogP contribution in [-0.2, 0) is 27.2 Å². The molecule has 172 valence electrons. The summed E-state index contributed by atoms with van der Waals surface area (Å²) < 4.78 is 6.68. The number of hydrogen-bond acceptors (Lipinski definition) is 7. The van der Waals surface area contributed by atoms with Crippen LogP contribution < -0.4 is 5.73 Å². The molecule has 2 aromatic rings. The normalized spacial score (nSPS) is 21.8. The Balaban J connectivity index is 1.67. The number of aliphatic hydroxyl groups is 1. The Hall–Kier alpha value is -3.71. The van der Waals surface area contributed by atoms with Gasteiger partial charge < -0.3 is 20.5 Å². The SMILES string of the molecule is CCOC(=O)C1CCc2c(c(C(N)=O)nn2-c2cc(C#C[C@]3(O)CCN(C)C3=O)ccn2)C1. The van der Waals surface area contributed by atoms with Crippen molar-refractivity contribution in [3.8, 4) is 17.7 Å². The van der Waals surface area contributed by atoms with E-state index < -0.39 is 17.4 Å². The van der Waals surface area contributed by atoms with Gasteiger partial charge in [0.1, 0.15) is 0 Å². The lowest BCUT2D eigenvalue weighted by Gasteiger charge is -2.21. The van der Waals surface area contributed by atoms with Crippen LogP contribution in [0.25, 0.3) is 5.82 Å². The zero-order chi connectivity index (χ0) is 23.8. The molecule has 10 heteroatoms. The molecule has 1 fully saturated rings. The number of nitrogens with zero attached hydrogens (tertiary/aromatic N) is 4. The van der Waals surface area contributed by atoms with Crippen LogP contribution >= 0.6 is 0 Å². The Bertz CT molecular complexity index is 1190. The first-order valence-electron chi connectivity index (χ1n) is 10.8. The van der Waals surface area contributed by atoms with Gasteiger partial charge in [0.25, 0.3) is 11.8 Å². The maximum atomic E-state index is 12.2. The number of carbonyl (C=O) groups excluding carboxylic acids is 3. The van der Waals surface area contributed by atoms with Crippen molar-refractivity contribution in [1.29, 1.82) is 0 Å². The zero-order valence-electron chi connectivity index (χ0n) is 18.5. The molecular formula is C23H25N5O5. The smallest absolute Gasteiger partial charge is 0.309 e. The Morgan fingerprint density at radius 1 is 1.42 bits per heavy atom. The first-order chi connectivity index (χ1) is 15.7. The quantitative estimate of drug-likeness (QED) is 0.492. The monoisotopic (exact) mass is 451 g/mol. The average Bonchev–Trinajstić information content (AvgIpc) is 3.31. The molecule has 1 aliphatic heterocycles.